The van der Waals surface area contributed by atoms with Gasteiger partial charge < -0.3 is 15.7 Å². The number of nitrogens with two attached hydrogens (primary N) is 1. The van der Waals surface area contributed by atoms with E-state index >= 15 is 0 Å². The Kier molecular flexibility index (Phi) is 3.90. The van der Waals surface area contributed by atoms with Crippen molar-refractivity contribution in [1.29, 1.82) is 0 Å². The van der Waals surface area contributed by atoms with Crippen molar-refractivity contribution in [1.82, 2.24) is 0 Å². The third-order valence-electron chi connectivity index (χ3n) is 1.63. The van der Waals surface area contributed by atoms with E-state index in [-0.39, 0.29) is 28.9 Å². The number of non-ortho nitro benzene ring substituents is 1. The minimum absolute atomic E-state index is 0.0995. The highest BCUT2D eigenvalue weighted by Gasteiger charge is 2.11. The Morgan fingerprint density at radius 1 is 1.69 bits per heavy atom. The number of nitrogens with zero attached hydrogens (tertiary/aromatic N) is 2. The van der Waals surface area contributed by atoms with E-state index in [1.807, 2.05) is 0 Å². The van der Waals surface area contributed by atoms with Crippen LogP contribution in [0.1, 0.15) is 0 Å². The number of amidine groups is 1. The van der Waals surface area contributed by atoms with Gasteiger partial charge in [-0.2, -0.15) is 0 Å². The Hall–Kier alpha value is -2.02. The van der Waals surface area contributed by atoms with Crippen LogP contribution in [0.25, 0.3) is 0 Å². The molecule has 0 amide bonds. The Bertz CT molecular complexity index is 435. The maximum atomic E-state index is 10.5. The van der Waals surface area contributed by atoms with Crippen molar-refractivity contribution in [3.63, 3.8) is 0 Å². The van der Waals surface area contributed by atoms with E-state index in [1.165, 1.54) is 12.1 Å². The van der Waals surface area contributed by atoms with Crippen LogP contribution in [0.4, 0.5) is 5.69 Å². The van der Waals surface area contributed by atoms with Gasteiger partial charge in [0.25, 0.3) is 5.69 Å². The highest BCUT2D eigenvalue weighted by atomic mass is 35.5. The van der Waals surface area contributed by atoms with Gasteiger partial charge >= 0.3 is 0 Å². The maximum Gasteiger partial charge on any atom is 0.273 e. The van der Waals surface area contributed by atoms with E-state index in [4.69, 9.17) is 27.3 Å². The van der Waals surface area contributed by atoms with Crippen LogP contribution < -0.4 is 10.5 Å². The number of halogens is 1. The zero-order chi connectivity index (χ0) is 12.1. The average molecular weight is 246 g/mol. The molecule has 0 bridgehead atoms. The number of hydrogen-bond acceptors (Lipinski definition) is 5. The molecule has 0 saturated carbocycles. The average Bonchev–Trinajstić information content (AvgIpc) is 2.27. The van der Waals surface area contributed by atoms with Gasteiger partial charge in [0.05, 0.1) is 16.0 Å². The second kappa shape index (κ2) is 5.17. The van der Waals surface area contributed by atoms with E-state index in [0.29, 0.717) is 0 Å². The number of nitro benzene ring substituents is 1. The Morgan fingerprint density at radius 3 is 2.94 bits per heavy atom. The van der Waals surface area contributed by atoms with E-state index < -0.39 is 4.92 Å². The molecule has 0 radical (unpaired) electrons. The molecule has 1 aromatic rings. The molecule has 0 atom stereocenters. The summed E-state index contributed by atoms with van der Waals surface area (Å²) in [5.41, 5.74) is 5.01. The van der Waals surface area contributed by atoms with Crippen LogP contribution in [-0.2, 0) is 0 Å². The van der Waals surface area contributed by atoms with Crippen LogP contribution in [0, 0.1) is 10.1 Å². The van der Waals surface area contributed by atoms with Gasteiger partial charge in [-0.1, -0.05) is 16.8 Å². The number of ether oxygens (including phenoxy) is 1. The second-order valence-corrected chi connectivity index (χ2v) is 3.16. The topological polar surface area (TPSA) is 111 Å². The maximum absolute atomic E-state index is 10.5. The van der Waals surface area contributed by atoms with E-state index in [0.717, 1.165) is 6.07 Å². The molecule has 0 aromatic heterocycles. The van der Waals surface area contributed by atoms with Crippen LogP contribution in [0.3, 0.4) is 0 Å². The Balaban J connectivity index is 2.86. The van der Waals surface area contributed by atoms with Gasteiger partial charge in [-0.05, 0) is 6.07 Å². The summed E-state index contributed by atoms with van der Waals surface area (Å²) in [6.45, 7) is -0.211. The first-order valence-corrected chi connectivity index (χ1v) is 4.45. The fraction of sp³-hybridized carbons (Fsp3) is 0.125. The van der Waals surface area contributed by atoms with Gasteiger partial charge in [0.15, 0.2) is 5.84 Å². The highest BCUT2D eigenvalue weighted by molar-refractivity contribution is 6.32. The summed E-state index contributed by atoms with van der Waals surface area (Å²) in [6, 6.07) is 3.74. The lowest BCUT2D eigenvalue weighted by molar-refractivity contribution is -0.384. The zero-order valence-corrected chi connectivity index (χ0v) is 8.72. The fourth-order valence-corrected chi connectivity index (χ4v) is 1.07. The lowest BCUT2D eigenvalue weighted by Crippen LogP contribution is -2.20. The first-order valence-electron chi connectivity index (χ1n) is 4.07. The van der Waals surface area contributed by atoms with Gasteiger partial charge in [-0.15, -0.1) is 0 Å². The Labute approximate surface area is 95.2 Å². The largest absolute Gasteiger partial charge is 0.484 e. The molecule has 0 aliphatic rings. The summed E-state index contributed by atoms with van der Waals surface area (Å²) in [7, 11) is 0. The monoisotopic (exact) mass is 245 g/mol. The molecule has 7 nitrogen and oxygen atoms in total. The van der Waals surface area contributed by atoms with Crippen molar-refractivity contribution in [2.24, 2.45) is 10.9 Å². The number of rotatable bonds is 4. The van der Waals surface area contributed by atoms with Gasteiger partial charge in [0.1, 0.15) is 12.4 Å². The zero-order valence-electron chi connectivity index (χ0n) is 7.96. The first kappa shape index (κ1) is 12.1. The summed E-state index contributed by atoms with van der Waals surface area (Å²) < 4.78 is 5.03. The molecule has 0 fully saturated rings. The molecule has 0 aliphatic heterocycles. The lowest BCUT2D eigenvalue weighted by atomic mass is 10.3. The lowest BCUT2D eigenvalue weighted by Gasteiger charge is -2.06. The summed E-state index contributed by atoms with van der Waals surface area (Å²) in [6.07, 6.45) is 0. The highest BCUT2D eigenvalue weighted by Crippen LogP contribution is 2.28. The number of benzene rings is 1. The number of hydrogen-bond donors (Lipinski definition) is 2. The van der Waals surface area contributed by atoms with Gasteiger partial charge in [0.2, 0.25) is 0 Å². The van der Waals surface area contributed by atoms with Gasteiger partial charge in [0, 0.05) is 6.07 Å². The van der Waals surface area contributed by atoms with Crippen molar-refractivity contribution in [2.45, 2.75) is 0 Å². The van der Waals surface area contributed by atoms with E-state index in [1.54, 1.807) is 0 Å². The Morgan fingerprint density at radius 2 is 2.38 bits per heavy atom. The van der Waals surface area contributed by atoms with Crippen molar-refractivity contribution in [3.05, 3.63) is 33.3 Å². The number of oxime groups is 1. The van der Waals surface area contributed by atoms with Gasteiger partial charge in [-0.3, -0.25) is 10.1 Å². The quantitative estimate of drug-likeness (QED) is 0.274. The minimum Gasteiger partial charge on any atom is -0.484 e. The fourth-order valence-electron chi connectivity index (χ4n) is 0.897. The molecule has 3 N–H and O–H groups in total. The standard InChI is InChI=1S/C8H8ClN3O4/c9-6-2-1-5(12(14)15)3-7(6)16-4-8(10)11-13/h1-3,13H,4H2,(H2,10,11). The molecular formula is C8H8ClN3O4. The predicted molar refractivity (Wildman–Crippen MR) is 57.0 cm³/mol. The third kappa shape index (κ3) is 2.99. The predicted octanol–water partition coefficient (Wildman–Crippen LogP) is 1.37. The van der Waals surface area contributed by atoms with Crippen LogP contribution in [-0.4, -0.2) is 22.6 Å². The van der Waals surface area contributed by atoms with E-state index in [9.17, 15) is 10.1 Å². The summed E-state index contributed by atoms with van der Waals surface area (Å²) >= 11 is 5.74. The molecule has 1 rings (SSSR count). The molecule has 0 spiro atoms. The minimum atomic E-state index is -0.577. The van der Waals surface area contributed by atoms with E-state index in [2.05, 4.69) is 5.16 Å². The molecule has 0 heterocycles. The molecule has 16 heavy (non-hydrogen) atoms. The molecule has 0 aliphatic carbocycles. The third-order valence-corrected chi connectivity index (χ3v) is 1.94. The molecule has 0 saturated heterocycles. The molecule has 8 heteroatoms. The summed E-state index contributed by atoms with van der Waals surface area (Å²) in [5.74, 6) is -0.0648. The van der Waals surface area contributed by atoms with Crippen LogP contribution in [0.15, 0.2) is 23.4 Å². The normalized spacial score (nSPS) is 11.2. The van der Waals surface area contributed by atoms with Crippen molar-refractivity contribution < 1.29 is 14.9 Å². The summed E-state index contributed by atoms with van der Waals surface area (Å²) in [4.78, 5) is 9.90. The second-order valence-electron chi connectivity index (χ2n) is 2.75. The molecule has 0 unspecified atom stereocenters. The smallest absolute Gasteiger partial charge is 0.273 e. The van der Waals surface area contributed by atoms with Crippen LogP contribution in [0.5, 0.6) is 5.75 Å². The van der Waals surface area contributed by atoms with Crippen molar-refractivity contribution in [3.8, 4) is 5.75 Å². The van der Waals surface area contributed by atoms with Crippen molar-refractivity contribution in [2.75, 3.05) is 6.61 Å². The van der Waals surface area contributed by atoms with Crippen molar-refractivity contribution >= 4 is 23.1 Å². The van der Waals surface area contributed by atoms with Gasteiger partial charge in [-0.25, -0.2) is 0 Å². The molecule has 1 aromatic carbocycles. The number of nitro groups is 1. The SMILES string of the molecule is NC(COc1cc([N+](=O)[O-])ccc1Cl)=NO. The first-order chi connectivity index (χ1) is 7.54. The van der Waals surface area contributed by atoms with Crippen LogP contribution >= 0.6 is 11.6 Å². The molecular weight excluding hydrogens is 238 g/mol. The molecule has 86 valence electrons. The van der Waals surface area contributed by atoms with Crippen LogP contribution in [0.2, 0.25) is 5.02 Å². The summed E-state index contributed by atoms with van der Waals surface area (Å²) in [5, 5.41) is 21.6.